The fraction of sp³-hybridized carbons (Fsp3) is 1.00. The summed E-state index contributed by atoms with van der Waals surface area (Å²) in [4.78, 5) is 0. The molecule has 0 aromatic carbocycles. The van der Waals surface area contributed by atoms with Crippen molar-refractivity contribution in [3.63, 3.8) is 0 Å². The molecule has 0 aromatic heterocycles. The van der Waals surface area contributed by atoms with Gasteiger partial charge < -0.3 is 0 Å². The standard InChI is InChI=1S/C17H32O6S2/c1-13(15-9-5-3-6-10-15)17(24(18,19)20,25(21,22)23)14(2)16-11-7-4-8-12-16/h13-16H,3-12H2,1-2H3,(H,18,19,20)(H,21,22,23). The SMILES string of the molecule is CC(C1CCCCC1)C(C(C)C1CCCCC1)(S(=O)(=O)O)S(=O)(=O)O. The first-order valence-corrected chi connectivity index (χ1v) is 12.4. The Bertz CT molecular complexity index is 585. The summed E-state index contributed by atoms with van der Waals surface area (Å²) in [5, 5.41) is 0. The highest BCUT2D eigenvalue weighted by Gasteiger charge is 2.64. The Morgan fingerprint density at radius 3 is 1.20 bits per heavy atom. The van der Waals surface area contributed by atoms with Gasteiger partial charge in [-0.15, -0.1) is 0 Å². The molecule has 2 aliphatic rings. The highest BCUT2D eigenvalue weighted by atomic mass is 32.3. The van der Waals surface area contributed by atoms with E-state index in [9.17, 15) is 25.9 Å². The lowest BCUT2D eigenvalue weighted by Crippen LogP contribution is -2.59. The van der Waals surface area contributed by atoms with E-state index in [0.717, 1.165) is 64.2 Å². The van der Waals surface area contributed by atoms with Gasteiger partial charge in [0.1, 0.15) is 0 Å². The maximum absolute atomic E-state index is 12.5. The summed E-state index contributed by atoms with van der Waals surface area (Å²) >= 11 is 0. The Morgan fingerprint density at radius 1 is 0.680 bits per heavy atom. The van der Waals surface area contributed by atoms with Gasteiger partial charge in [0.25, 0.3) is 20.2 Å². The van der Waals surface area contributed by atoms with Gasteiger partial charge in [-0.3, -0.25) is 9.11 Å². The van der Waals surface area contributed by atoms with E-state index in [1.54, 1.807) is 13.8 Å². The molecule has 0 aliphatic heterocycles. The van der Waals surface area contributed by atoms with Crippen molar-refractivity contribution in [1.29, 1.82) is 0 Å². The zero-order valence-corrected chi connectivity index (χ0v) is 16.9. The minimum atomic E-state index is -5.02. The molecule has 0 aromatic rings. The zero-order chi connectivity index (χ0) is 18.9. The molecule has 148 valence electrons. The molecular formula is C17H32O6S2. The van der Waals surface area contributed by atoms with Crippen LogP contribution in [-0.4, -0.2) is 30.0 Å². The van der Waals surface area contributed by atoms with Crippen LogP contribution in [0.25, 0.3) is 0 Å². The Balaban J connectivity index is 2.55. The monoisotopic (exact) mass is 396 g/mol. The van der Waals surface area contributed by atoms with E-state index in [2.05, 4.69) is 0 Å². The quantitative estimate of drug-likeness (QED) is 0.659. The number of rotatable bonds is 6. The highest BCUT2D eigenvalue weighted by molar-refractivity contribution is 8.05. The lowest BCUT2D eigenvalue weighted by atomic mass is 9.71. The van der Waals surface area contributed by atoms with E-state index in [1.807, 2.05) is 0 Å². The summed E-state index contributed by atoms with van der Waals surface area (Å²) in [6.45, 7) is 3.16. The second-order valence-corrected chi connectivity index (χ2v) is 11.6. The van der Waals surface area contributed by atoms with E-state index in [-0.39, 0.29) is 11.8 Å². The van der Waals surface area contributed by atoms with Gasteiger partial charge in [-0.2, -0.15) is 16.8 Å². The third-order valence-corrected chi connectivity index (χ3v) is 11.2. The van der Waals surface area contributed by atoms with Crippen molar-refractivity contribution >= 4 is 20.2 Å². The summed E-state index contributed by atoms with van der Waals surface area (Å²) in [7, 11) is -10.0. The maximum Gasteiger partial charge on any atom is 0.288 e. The lowest BCUT2D eigenvalue weighted by Gasteiger charge is -2.45. The molecule has 2 N–H and O–H groups in total. The Labute approximate surface area is 152 Å². The Morgan fingerprint density at radius 2 is 0.960 bits per heavy atom. The minimum absolute atomic E-state index is 0.136. The predicted octanol–water partition coefficient (Wildman–Crippen LogP) is 3.89. The van der Waals surface area contributed by atoms with Crippen molar-refractivity contribution in [1.82, 2.24) is 0 Å². The second kappa shape index (κ2) is 7.82. The molecule has 2 fully saturated rings. The molecule has 2 unspecified atom stereocenters. The van der Waals surface area contributed by atoms with Crippen LogP contribution in [0.5, 0.6) is 0 Å². The normalized spacial score (nSPS) is 24.8. The minimum Gasteiger partial charge on any atom is -0.284 e. The van der Waals surface area contributed by atoms with Crippen LogP contribution < -0.4 is 0 Å². The smallest absolute Gasteiger partial charge is 0.284 e. The van der Waals surface area contributed by atoms with Gasteiger partial charge in [-0.1, -0.05) is 78.1 Å². The van der Waals surface area contributed by atoms with Crippen molar-refractivity contribution in [3.05, 3.63) is 0 Å². The molecule has 8 heteroatoms. The zero-order valence-electron chi connectivity index (χ0n) is 15.2. The predicted molar refractivity (Wildman–Crippen MR) is 97.3 cm³/mol. The fourth-order valence-electron chi connectivity index (χ4n) is 5.41. The third kappa shape index (κ3) is 3.92. The van der Waals surface area contributed by atoms with Gasteiger partial charge in [-0.05, 0) is 23.7 Å². The number of hydrogen-bond acceptors (Lipinski definition) is 4. The Kier molecular flexibility index (Phi) is 6.61. The fourth-order valence-corrected chi connectivity index (χ4v) is 9.13. The van der Waals surface area contributed by atoms with Gasteiger partial charge in [0.05, 0.1) is 0 Å². The molecule has 2 saturated carbocycles. The summed E-state index contributed by atoms with van der Waals surface area (Å²) < 4.78 is 67.6. The van der Waals surface area contributed by atoms with Crippen molar-refractivity contribution < 1.29 is 25.9 Å². The molecule has 0 spiro atoms. The van der Waals surface area contributed by atoms with Crippen molar-refractivity contribution in [3.8, 4) is 0 Å². The van der Waals surface area contributed by atoms with E-state index in [0.29, 0.717) is 0 Å². The molecule has 6 nitrogen and oxygen atoms in total. The van der Waals surface area contributed by atoms with E-state index < -0.39 is 36.2 Å². The average molecular weight is 397 g/mol. The lowest BCUT2D eigenvalue weighted by molar-refractivity contribution is 0.150. The van der Waals surface area contributed by atoms with Crippen LogP contribution in [0.1, 0.15) is 78.1 Å². The van der Waals surface area contributed by atoms with Crippen molar-refractivity contribution in [2.45, 2.75) is 82.1 Å². The topological polar surface area (TPSA) is 109 Å². The third-order valence-electron chi connectivity index (χ3n) is 6.79. The van der Waals surface area contributed by atoms with Crippen LogP contribution in [0.2, 0.25) is 0 Å². The summed E-state index contributed by atoms with van der Waals surface area (Å²) in [5.74, 6) is -1.98. The Hall–Kier alpha value is -0.180. The summed E-state index contributed by atoms with van der Waals surface area (Å²) in [5.41, 5.74) is 0. The molecule has 0 radical (unpaired) electrons. The molecule has 2 aliphatic carbocycles. The van der Waals surface area contributed by atoms with Gasteiger partial charge in [0, 0.05) is 0 Å². The average Bonchev–Trinajstić information content (AvgIpc) is 2.54. The maximum atomic E-state index is 12.5. The molecular weight excluding hydrogens is 364 g/mol. The van der Waals surface area contributed by atoms with Crippen LogP contribution in [0, 0.1) is 23.7 Å². The van der Waals surface area contributed by atoms with Crippen LogP contribution in [0.15, 0.2) is 0 Å². The summed E-state index contributed by atoms with van der Waals surface area (Å²) in [6.07, 6.45) is 8.67. The van der Waals surface area contributed by atoms with Crippen LogP contribution >= 0.6 is 0 Å². The first-order valence-electron chi connectivity index (χ1n) is 9.47. The molecule has 0 amide bonds. The molecule has 2 rings (SSSR count). The van der Waals surface area contributed by atoms with Gasteiger partial charge in [-0.25, -0.2) is 0 Å². The van der Waals surface area contributed by atoms with Crippen molar-refractivity contribution in [2.75, 3.05) is 0 Å². The van der Waals surface area contributed by atoms with E-state index >= 15 is 0 Å². The molecule has 0 saturated heterocycles. The van der Waals surface area contributed by atoms with Gasteiger partial charge >= 0.3 is 0 Å². The molecule has 25 heavy (non-hydrogen) atoms. The highest BCUT2D eigenvalue weighted by Crippen LogP contribution is 2.50. The van der Waals surface area contributed by atoms with E-state index in [1.165, 1.54) is 0 Å². The molecule has 0 bridgehead atoms. The van der Waals surface area contributed by atoms with Crippen LogP contribution in [0.3, 0.4) is 0 Å². The first-order chi connectivity index (χ1) is 11.5. The molecule has 2 atom stereocenters. The van der Waals surface area contributed by atoms with Gasteiger partial charge in [0.2, 0.25) is 4.08 Å². The summed E-state index contributed by atoms with van der Waals surface area (Å²) in [6, 6.07) is 0. The largest absolute Gasteiger partial charge is 0.288 e. The van der Waals surface area contributed by atoms with Crippen LogP contribution in [-0.2, 0) is 20.2 Å². The molecule has 0 heterocycles. The van der Waals surface area contributed by atoms with Crippen LogP contribution in [0.4, 0.5) is 0 Å². The second-order valence-electron chi connectivity index (χ2n) is 8.05. The van der Waals surface area contributed by atoms with Crippen molar-refractivity contribution in [2.24, 2.45) is 23.7 Å². The van der Waals surface area contributed by atoms with E-state index in [4.69, 9.17) is 0 Å². The first kappa shape index (κ1) is 21.1. The van der Waals surface area contributed by atoms with Gasteiger partial charge in [0.15, 0.2) is 0 Å². The number of hydrogen-bond donors (Lipinski definition) is 2.